The van der Waals surface area contributed by atoms with Crippen molar-refractivity contribution in [1.82, 2.24) is 15.1 Å². The number of piperazine rings is 1. The third kappa shape index (κ3) is 8.45. The summed E-state index contributed by atoms with van der Waals surface area (Å²) in [5.41, 5.74) is 2.64. The molecule has 0 spiro atoms. The molecule has 3 aliphatic rings. The molecule has 2 aliphatic heterocycles. The lowest BCUT2D eigenvalue weighted by molar-refractivity contribution is -0.638. The number of carbonyl (C=O) groups excluding carboxylic acids is 4. The topological polar surface area (TPSA) is 125 Å². The van der Waals surface area contributed by atoms with Gasteiger partial charge in [-0.15, -0.1) is 0 Å². The van der Waals surface area contributed by atoms with Crippen LogP contribution in [0.25, 0.3) is 0 Å². The van der Waals surface area contributed by atoms with Crippen LogP contribution in [0, 0.1) is 5.82 Å². The molecule has 3 fully saturated rings. The van der Waals surface area contributed by atoms with Crippen molar-refractivity contribution >= 4 is 29.3 Å². The summed E-state index contributed by atoms with van der Waals surface area (Å²) >= 11 is 0. The molecule has 2 heterocycles. The Labute approximate surface area is 286 Å². The number of halogens is 1. The number of quaternary nitrogens is 1. The molecule has 0 aromatic heterocycles. The van der Waals surface area contributed by atoms with Crippen molar-refractivity contribution in [3.8, 4) is 5.75 Å². The first-order valence-corrected chi connectivity index (χ1v) is 17.4. The second-order valence-electron chi connectivity index (χ2n) is 13.3. The van der Waals surface area contributed by atoms with E-state index in [0.717, 1.165) is 74.2 Å². The molecule has 11 heteroatoms. The quantitative estimate of drug-likeness (QED) is 0.320. The van der Waals surface area contributed by atoms with E-state index < -0.39 is 29.6 Å². The first-order valence-electron chi connectivity index (χ1n) is 17.4. The minimum absolute atomic E-state index is 0.0412. The molecule has 4 amide bonds. The molecule has 6 rings (SSSR count). The highest BCUT2D eigenvalue weighted by atomic mass is 19.1. The number of nitrogens with two attached hydrogens (primary N) is 1. The third-order valence-electron chi connectivity index (χ3n) is 9.72. The smallest absolute Gasteiger partial charge is 0.254 e. The fraction of sp³-hybridized carbons (Fsp3) is 0.421. The van der Waals surface area contributed by atoms with Gasteiger partial charge in [-0.2, -0.15) is 0 Å². The van der Waals surface area contributed by atoms with Crippen LogP contribution in [0.2, 0.25) is 0 Å². The fourth-order valence-electron chi connectivity index (χ4n) is 7.21. The molecule has 2 atom stereocenters. The monoisotopic (exact) mass is 670 g/mol. The minimum atomic E-state index is -0.986. The zero-order valence-corrected chi connectivity index (χ0v) is 28.0. The Hall–Kier alpha value is -4.77. The molecular weight excluding hydrogens is 625 g/mol. The summed E-state index contributed by atoms with van der Waals surface area (Å²) in [6.07, 6.45) is 6.68. The van der Waals surface area contributed by atoms with Gasteiger partial charge in [-0.25, -0.2) is 4.39 Å². The van der Waals surface area contributed by atoms with Gasteiger partial charge in [-0.1, -0.05) is 49.6 Å². The van der Waals surface area contributed by atoms with Gasteiger partial charge in [0.2, 0.25) is 11.8 Å². The first kappa shape index (κ1) is 34.1. The highest BCUT2D eigenvalue weighted by Crippen LogP contribution is 2.39. The standard InChI is InChI=1S/C38H44FN5O5/c1-25(45)42-31-19-29(18-30(39)21-31)37(47)43-16-17-44(34(24-43)36(46)41-22-26-8-4-2-5-9-26)38(48)28-12-13-35(49-32-14-15-40-23-32)33(20-28)27-10-6-3-7-11-27/h2,4-5,8-9,12-13,18-21,27,32,34,40H,3,6-7,10-11,14-17,22-24H2,1H3,(H,41,46)(H,42,45)/p+1/t32-,34?/m0/s1. The Kier molecular flexibility index (Phi) is 10.9. The van der Waals surface area contributed by atoms with Gasteiger partial charge in [0.25, 0.3) is 11.8 Å². The first-order chi connectivity index (χ1) is 23.7. The van der Waals surface area contributed by atoms with E-state index in [2.05, 4.69) is 16.0 Å². The summed E-state index contributed by atoms with van der Waals surface area (Å²) in [6.45, 7) is 3.69. The Morgan fingerprint density at radius 1 is 0.898 bits per heavy atom. The number of hydrogen-bond acceptors (Lipinski definition) is 5. The largest absolute Gasteiger partial charge is 0.484 e. The highest BCUT2D eigenvalue weighted by Gasteiger charge is 2.38. The number of anilines is 1. The Bertz CT molecular complexity index is 1670. The van der Waals surface area contributed by atoms with Crippen molar-refractivity contribution in [2.24, 2.45) is 0 Å². The maximum absolute atomic E-state index is 14.5. The number of carbonyl (C=O) groups is 4. The minimum Gasteiger partial charge on any atom is -0.484 e. The van der Waals surface area contributed by atoms with Gasteiger partial charge in [0, 0.05) is 49.8 Å². The number of ether oxygens (including phenoxy) is 1. The van der Waals surface area contributed by atoms with Gasteiger partial charge in [0.15, 0.2) is 6.10 Å². The predicted molar refractivity (Wildman–Crippen MR) is 183 cm³/mol. The van der Waals surface area contributed by atoms with Gasteiger partial charge in [-0.3, -0.25) is 19.2 Å². The molecule has 0 radical (unpaired) electrons. The second-order valence-corrected chi connectivity index (χ2v) is 13.3. The summed E-state index contributed by atoms with van der Waals surface area (Å²) in [4.78, 5) is 56.4. The SMILES string of the molecule is CC(=O)Nc1cc(F)cc(C(=O)N2CCN(C(=O)c3ccc(O[C@H]4CC[NH2+]C4)c(C4CCCCC4)c3)C(C(=O)NCc3ccccc3)C2)c1. The zero-order chi connectivity index (χ0) is 34.3. The summed E-state index contributed by atoms with van der Waals surface area (Å²) < 4.78 is 21.0. The van der Waals surface area contributed by atoms with Crippen LogP contribution >= 0.6 is 0 Å². The number of amides is 4. The van der Waals surface area contributed by atoms with Crippen molar-refractivity contribution in [2.75, 3.05) is 38.0 Å². The van der Waals surface area contributed by atoms with Gasteiger partial charge in [0.05, 0.1) is 13.1 Å². The molecular formula is C38H45FN5O5+. The number of nitrogens with one attached hydrogen (secondary N) is 2. The molecule has 258 valence electrons. The van der Waals surface area contributed by atoms with E-state index in [1.165, 1.54) is 24.3 Å². The van der Waals surface area contributed by atoms with Crippen LogP contribution in [0.15, 0.2) is 66.7 Å². The number of hydrogen-bond donors (Lipinski definition) is 3. The van der Waals surface area contributed by atoms with Crippen LogP contribution in [0.5, 0.6) is 5.75 Å². The summed E-state index contributed by atoms with van der Waals surface area (Å²) in [5.74, 6) is -1.10. The molecule has 3 aromatic rings. The Morgan fingerprint density at radius 2 is 1.69 bits per heavy atom. The average molecular weight is 671 g/mol. The van der Waals surface area contributed by atoms with E-state index in [1.54, 1.807) is 11.0 Å². The van der Waals surface area contributed by atoms with E-state index in [1.807, 2.05) is 42.5 Å². The third-order valence-corrected chi connectivity index (χ3v) is 9.72. The van der Waals surface area contributed by atoms with E-state index in [9.17, 15) is 23.6 Å². The van der Waals surface area contributed by atoms with Crippen molar-refractivity contribution in [2.45, 2.75) is 70.1 Å². The van der Waals surface area contributed by atoms with E-state index >= 15 is 0 Å². The van der Waals surface area contributed by atoms with Crippen LogP contribution in [0.3, 0.4) is 0 Å². The van der Waals surface area contributed by atoms with Crippen molar-refractivity contribution < 1.29 is 33.6 Å². The highest BCUT2D eigenvalue weighted by molar-refractivity contribution is 6.00. The van der Waals surface area contributed by atoms with E-state index in [0.29, 0.717) is 11.5 Å². The molecule has 2 saturated heterocycles. The van der Waals surface area contributed by atoms with Gasteiger partial charge < -0.3 is 30.5 Å². The lowest BCUT2D eigenvalue weighted by Crippen LogP contribution is -2.81. The van der Waals surface area contributed by atoms with Crippen molar-refractivity contribution in [3.05, 3.63) is 94.8 Å². The number of rotatable bonds is 9. The van der Waals surface area contributed by atoms with Gasteiger partial charge in [0.1, 0.15) is 24.2 Å². The second kappa shape index (κ2) is 15.6. The summed E-state index contributed by atoms with van der Waals surface area (Å²) in [7, 11) is 0. The van der Waals surface area contributed by atoms with Crippen LogP contribution in [0.1, 0.15) is 83.2 Å². The van der Waals surface area contributed by atoms with E-state index in [4.69, 9.17) is 4.74 Å². The molecule has 0 bridgehead atoms. The molecule has 49 heavy (non-hydrogen) atoms. The normalized spacial score (nSPS) is 19.7. The van der Waals surface area contributed by atoms with Crippen LogP contribution in [-0.2, 0) is 16.1 Å². The van der Waals surface area contributed by atoms with Crippen LogP contribution in [-0.4, -0.2) is 78.3 Å². The maximum atomic E-state index is 14.5. The van der Waals surface area contributed by atoms with Crippen LogP contribution in [0.4, 0.5) is 10.1 Å². The molecule has 10 nitrogen and oxygen atoms in total. The van der Waals surface area contributed by atoms with Crippen molar-refractivity contribution in [3.63, 3.8) is 0 Å². The lowest BCUT2D eigenvalue weighted by atomic mass is 9.83. The Balaban J connectivity index is 1.26. The predicted octanol–water partition coefficient (Wildman–Crippen LogP) is 3.83. The number of benzene rings is 3. The zero-order valence-electron chi connectivity index (χ0n) is 28.0. The molecule has 3 aromatic carbocycles. The molecule has 1 saturated carbocycles. The summed E-state index contributed by atoms with van der Waals surface area (Å²) in [5, 5.41) is 7.73. The molecule has 1 unspecified atom stereocenters. The van der Waals surface area contributed by atoms with Gasteiger partial charge >= 0.3 is 0 Å². The van der Waals surface area contributed by atoms with E-state index in [-0.39, 0.29) is 49.4 Å². The number of nitrogens with zero attached hydrogens (tertiary/aromatic N) is 2. The van der Waals surface area contributed by atoms with Crippen molar-refractivity contribution in [1.29, 1.82) is 0 Å². The molecule has 4 N–H and O–H groups in total. The van der Waals surface area contributed by atoms with Crippen LogP contribution < -0.4 is 20.7 Å². The average Bonchev–Trinajstić information content (AvgIpc) is 3.63. The maximum Gasteiger partial charge on any atom is 0.254 e. The Morgan fingerprint density at radius 3 is 2.43 bits per heavy atom. The van der Waals surface area contributed by atoms with Gasteiger partial charge in [-0.05, 0) is 66.3 Å². The summed E-state index contributed by atoms with van der Waals surface area (Å²) in [6, 6.07) is 17.8. The fourth-order valence-corrected chi connectivity index (χ4v) is 7.21. The molecule has 1 aliphatic carbocycles. The lowest BCUT2D eigenvalue weighted by Gasteiger charge is -2.40.